The number of carbonyl (C=O) groups is 1. The van der Waals surface area contributed by atoms with Crippen LogP contribution in [0, 0.1) is 0 Å². The number of ether oxygens (including phenoxy) is 1. The number of amides is 1. The van der Waals surface area contributed by atoms with Gasteiger partial charge in [-0.05, 0) is 31.0 Å². The average molecular weight is 415 g/mol. The molecule has 0 aromatic heterocycles. The predicted molar refractivity (Wildman–Crippen MR) is 88.2 cm³/mol. The summed E-state index contributed by atoms with van der Waals surface area (Å²) < 4.78 is 70.1. The number of alkyl halides is 3. The molecule has 0 bridgehead atoms. The van der Waals surface area contributed by atoms with Crippen LogP contribution < -0.4 is 10.0 Å². The Bertz CT molecular complexity index is 750. The molecule has 0 aliphatic carbocycles. The smallest absolute Gasteiger partial charge is 0.376 e. The van der Waals surface area contributed by atoms with E-state index in [2.05, 4.69) is 10.0 Å². The van der Waals surface area contributed by atoms with E-state index in [1.165, 1.54) is 0 Å². The first-order valence-corrected chi connectivity index (χ1v) is 9.70. The van der Waals surface area contributed by atoms with Crippen molar-refractivity contribution in [2.45, 2.75) is 36.4 Å². The molecule has 11 heteroatoms. The standard InChI is InChI=1S/C15H18ClF3N2O4S/c16-13-4-3-11(8-12(13)15(17,18)19)26(23,24)21-6-5-14(22)20-9-10-2-1-7-25-10/h3-4,8,10,21H,1-2,5-7,9H2,(H,20,22). The van der Waals surface area contributed by atoms with Crippen molar-refractivity contribution in [3.05, 3.63) is 28.8 Å². The number of hydrogen-bond donors (Lipinski definition) is 2. The van der Waals surface area contributed by atoms with Crippen LogP contribution in [0.5, 0.6) is 0 Å². The Hall–Kier alpha value is -1.36. The average Bonchev–Trinajstić information content (AvgIpc) is 3.05. The van der Waals surface area contributed by atoms with Crippen LogP contribution in [0.25, 0.3) is 0 Å². The van der Waals surface area contributed by atoms with Crippen LogP contribution in [-0.2, 0) is 25.7 Å². The van der Waals surface area contributed by atoms with Crippen LogP contribution in [0.15, 0.2) is 23.1 Å². The van der Waals surface area contributed by atoms with E-state index in [4.69, 9.17) is 16.3 Å². The third kappa shape index (κ3) is 5.83. The highest BCUT2D eigenvalue weighted by Crippen LogP contribution is 2.35. The monoisotopic (exact) mass is 414 g/mol. The van der Waals surface area contributed by atoms with E-state index in [9.17, 15) is 26.4 Å². The molecule has 1 atom stereocenters. The lowest BCUT2D eigenvalue weighted by Gasteiger charge is -2.13. The van der Waals surface area contributed by atoms with Gasteiger partial charge < -0.3 is 10.1 Å². The number of carbonyl (C=O) groups excluding carboxylic acids is 1. The SMILES string of the molecule is O=C(CCNS(=O)(=O)c1ccc(Cl)c(C(F)(F)F)c1)NCC1CCCO1. The second-order valence-corrected chi connectivity index (χ2v) is 7.90. The van der Waals surface area contributed by atoms with Gasteiger partial charge in [0, 0.05) is 26.1 Å². The first-order valence-electron chi connectivity index (χ1n) is 7.84. The van der Waals surface area contributed by atoms with E-state index in [0.29, 0.717) is 19.2 Å². The van der Waals surface area contributed by atoms with Gasteiger partial charge in [0.1, 0.15) is 0 Å². The van der Waals surface area contributed by atoms with E-state index >= 15 is 0 Å². The fourth-order valence-corrected chi connectivity index (χ4v) is 3.67. The highest BCUT2D eigenvalue weighted by molar-refractivity contribution is 7.89. The van der Waals surface area contributed by atoms with Crippen LogP contribution in [0.4, 0.5) is 13.2 Å². The Morgan fingerprint density at radius 2 is 2.08 bits per heavy atom. The third-order valence-electron chi connectivity index (χ3n) is 3.75. The molecule has 1 saturated heterocycles. The van der Waals surface area contributed by atoms with Crippen LogP contribution >= 0.6 is 11.6 Å². The molecule has 1 aliphatic rings. The van der Waals surface area contributed by atoms with Crippen LogP contribution in [0.3, 0.4) is 0 Å². The lowest BCUT2D eigenvalue weighted by atomic mass is 10.2. The summed E-state index contributed by atoms with van der Waals surface area (Å²) in [6.07, 6.45) is -3.17. The molecular formula is C15H18ClF3N2O4S. The number of hydrogen-bond acceptors (Lipinski definition) is 4. The summed E-state index contributed by atoms with van der Waals surface area (Å²) in [4.78, 5) is 11.1. The fraction of sp³-hybridized carbons (Fsp3) is 0.533. The summed E-state index contributed by atoms with van der Waals surface area (Å²) in [6.45, 7) is 0.753. The van der Waals surface area contributed by atoms with Crippen molar-refractivity contribution in [2.75, 3.05) is 19.7 Å². The zero-order valence-corrected chi connectivity index (χ0v) is 15.2. The van der Waals surface area contributed by atoms with E-state index in [-0.39, 0.29) is 25.0 Å². The Balaban J connectivity index is 1.89. The van der Waals surface area contributed by atoms with Gasteiger partial charge in [-0.2, -0.15) is 13.2 Å². The first kappa shape index (κ1) is 20.9. The van der Waals surface area contributed by atoms with Gasteiger partial charge in [0.15, 0.2) is 0 Å². The molecule has 1 fully saturated rings. The van der Waals surface area contributed by atoms with Gasteiger partial charge in [0.2, 0.25) is 15.9 Å². The van der Waals surface area contributed by atoms with Gasteiger partial charge in [-0.1, -0.05) is 11.6 Å². The van der Waals surface area contributed by atoms with Gasteiger partial charge in [-0.3, -0.25) is 4.79 Å². The summed E-state index contributed by atoms with van der Waals surface area (Å²) in [7, 11) is -4.20. The largest absolute Gasteiger partial charge is 0.417 e. The Morgan fingerprint density at radius 1 is 1.35 bits per heavy atom. The summed E-state index contributed by atoms with van der Waals surface area (Å²) in [5.74, 6) is -0.379. The molecule has 0 saturated carbocycles. The summed E-state index contributed by atoms with van der Waals surface area (Å²) in [5.41, 5.74) is -1.24. The minimum absolute atomic E-state index is 0.0366. The molecule has 1 unspecified atom stereocenters. The molecule has 1 aromatic carbocycles. The van der Waals surface area contributed by atoms with Gasteiger partial charge in [-0.15, -0.1) is 0 Å². The van der Waals surface area contributed by atoms with Gasteiger partial charge >= 0.3 is 6.18 Å². The number of halogens is 4. The zero-order chi connectivity index (χ0) is 19.4. The molecular weight excluding hydrogens is 397 g/mol. The minimum atomic E-state index is -4.77. The molecule has 0 spiro atoms. The van der Waals surface area contributed by atoms with Crippen molar-refractivity contribution in [1.82, 2.24) is 10.0 Å². The second-order valence-electron chi connectivity index (χ2n) is 5.73. The lowest BCUT2D eigenvalue weighted by Crippen LogP contribution is -2.34. The number of nitrogens with one attached hydrogen (secondary N) is 2. The first-order chi connectivity index (χ1) is 12.1. The van der Waals surface area contributed by atoms with E-state index in [1.807, 2.05) is 0 Å². The fourth-order valence-electron chi connectivity index (χ4n) is 2.39. The molecule has 2 rings (SSSR count). The highest BCUT2D eigenvalue weighted by Gasteiger charge is 2.34. The molecule has 2 N–H and O–H groups in total. The second kappa shape index (κ2) is 8.55. The van der Waals surface area contributed by atoms with Crippen LogP contribution in [0.2, 0.25) is 5.02 Å². The summed E-state index contributed by atoms with van der Waals surface area (Å²) in [6, 6.07) is 2.30. The maximum Gasteiger partial charge on any atom is 0.417 e. The van der Waals surface area contributed by atoms with Crippen molar-refractivity contribution in [2.24, 2.45) is 0 Å². The quantitative estimate of drug-likeness (QED) is 0.717. The molecule has 0 radical (unpaired) electrons. The Kier molecular flexibility index (Phi) is 6.89. The molecule has 1 aliphatic heterocycles. The lowest BCUT2D eigenvalue weighted by molar-refractivity contribution is -0.137. The normalized spacial score (nSPS) is 18.1. The predicted octanol–water partition coefficient (Wildman–Crippen LogP) is 2.32. The van der Waals surface area contributed by atoms with Crippen molar-refractivity contribution in [3.63, 3.8) is 0 Å². The topological polar surface area (TPSA) is 84.5 Å². The maximum absolute atomic E-state index is 12.8. The molecule has 6 nitrogen and oxygen atoms in total. The van der Waals surface area contributed by atoms with Gasteiger partial charge in [0.25, 0.3) is 0 Å². The van der Waals surface area contributed by atoms with E-state index in [1.54, 1.807) is 0 Å². The summed E-state index contributed by atoms with van der Waals surface area (Å²) in [5, 5.41) is 2.03. The Labute approximate surface area is 154 Å². The Morgan fingerprint density at radius 3 is 2.69 bits per heavy atom. The van der Waals surface area contributed by atoms with E-state index < -0.39 is 31.7 Å². The number of benzene rings is 1. The van der Waals surface area contributed by atoms with Gasteiger partial charge in [0.05, 0.1) is 21.6 Å². The maximum atomic E-state index is 12.8. The zero-order valence-electron chi connectivity index (χ0n) is 13.6. The van der Waals surface area contributed by atoms with E-state index in [0.717, 1.165) is 25.0 Å². The van der Waals surface area contributed by atoms with Crippen molar-refractivity contribution in [1.29, 1.82) is 0 Å². The van der Waals surface area contributed by atoms with Crippen molar-refractivity contribution >= 4 is 27.5 Å². The molecule has 1 heterocycles. The molecule has 146 valence electrons. The molecule has 1 aromatic rings. The van der Waals surface area contributed by atoms with Crippen LogP contribution in [-0.4, -0.2) is 40.1 Å². The van der Waals surface area contributed by atoms with Crippen molar-refractivity contribution in [3.8, 4) is 0 Å². The highest BCUT2D eigenvalue weighted by atomic mass is 35.5. The minimum Gasteiger partial charge on any atom is -0.376 e. The van der Waals surface area contributed by atoms with Gasteiger partial charge in [-0.25, -0.2) is 13.1 Å². The van der Waals surface area contributed by atoms with Crippen LogP contribution in [0.1, 0.15) is 24.8 Å². The number of sulfonamides is 1. The summed E-state index contributed by atoms with van der Waals surface area (Å²) >= 11 is 5.47. The van der Waals surface area contributed by atoms with Crippen molar-refractivity contribution < 1.29 is 31.1 Å². The molecule has 1 amide bonds. The third-order valence-corrected chi connectivity index (χ3v) is 5.54. The number of rotatable bonds is 7. The molecule has 26 heavy (non-hydrogen) atoms.